The maximum absolute atomic E-state index is 14.2. The molecule has 3 heterocycles. The van der Waals surface area contributed by atoms with Crippen LogP contribution in [0, 0.1) is 17.8 Å². The molecule has 13 heteroatoms. The average molecular weight is 560 g/mol. The molecular weight excluding hydrogens is 527 g/mol. The first kappa shape index (κ1) is 27.7. The molecule has 0 bridgehead atoms. The lowest BCUT2D eigenvalue weighted by Gasteiger charge is -2.27. The Morgan fingerprint density at radius 1 is 1.07 bits per heavy atom. The third-order valence-corrected chi connectivity index (χ3v) is 7.41. The molecule has 2 aliphatic rings. The molecule has 2 amide bonds. The summed E-state index contributed by atoms with van der Waals surface area (Å²) in [4.78, 5) is 30.8. The van der Waals surface area contributed by atoms with Gasteiger partial charge in [0, 0.05) is 30.2 Å². The van der Waals surface area contributed by atoms with Crippen LogP contribution in [0.3, 0.4) is 0 Å². The number of rotatable bonds is 11. The summed E-state index contributed by atoms with van der Waals surface area (Å²) in [6, 6.07) is 1.16. The molecular formula is C27H32F3N7O3. The van der Waals surface area contributed by atoms with Gasteiger partial charge in [-0.3, -0.25) is 19.0 Å². The van der Waals surface area contributed by atoms with Crippen molar-refractivity contribution in [2.24, 2.45) is 17.8 Å². The highest BCUT2D eigenvalue weighted by Gasteiger charge is 2.49. The number of anilines is 1. The molecule has 2 aliphatic carbocycles. The van der Waals surface area contributed by atoms with Crippen molar-refractivity contribution in [1.29, 1.82) is 0 Å². The van der Waals surface area contributed by atoms with Crippen molar-refractivity contribution in [2.45, 2.75) is 63.8 Å². The minimum atomic E-state index is -4.72. The van der Waals surface area contributed by atoms with Gasteiger partial charge in [-0.25, -0.2) is 4.98 Å². The van der Waals surface area contributed by atoms with Gasteiger partial charge >= 0.3 is 6.18 Å². The summed E-state index contributed by atoms with van der Waals surface area (Å²) in [7, 11) is 1.24. The Morgan fingerprint density at radius 3 is 2.38 bits per heavy atom. The SMILES string of the molecule is COc1ncccc1C(n1cc(NC(=O)[C@@H](NC(=O)c2ccnn2C(C)C)C(C2CC2)C2CC2)cn1)C(F)(F)F. The minimum absolute atomic E-state index is 0.0583. The van der Waals surface area contributed by atoms with E-state index >= 15 is 0 Å². The average Bonchev–Trinajstić information content (AvgIpc) is 3.83. The molecule has 214 valence electrons. The van der Waals surface area contributed by atoms with Crippen LogP contribution in [0.15, 0.2) is 43.0 Å². The quantitative estimate of drug-likeness (QED) is 0.360. The third-order valence-electron chi connectivity index (χ3n) is 7.41. The number of nitrogens with zero attached hydrogens (tertiary/aromatic N) is 5. The number of pyridine rings is 1. The van der Waals surface area contributed by atoms with Crippen molar-refractivity contribution in [1.82, 2.24) is 29.9 Å². The van der Waals surface area contributed by atoms with Gasteiger partial charge < -0.3 is 15.4 Å². The molecule has 2 atom stereocenters. The number of nitrogens with one attached hydrogen (secondary N) is 2. The van der Waals surface area contributed by atoms with Crippen LogP contribution in [0.1, 0.15) is 67.7 Å². The lowest BCUT2D eigenvalue weighted by atomic mass is 9.88. The van der Waals surface area contributed by atoms with Gasteiger partial charge in [-0.2, -0.15) is 23.4 Å². The Balaban J connectivity index is 1.40. The molecule has 5 rings (SSSR count). The van der Waals surface area contributed by atoms with Crippen LogP contribution in [-0.4, -0.2) is 55.7 Å². The van der Waals surface area contributed by atoms with Gasteiger partial charge in [0.25, 0.3) is 5.91 Å². The monoisotopic (exact) mass is 559 g/mol. The van der Waals surface area contributed by atoms with E-state index in [2.05, 4.69) is 25.8 Å². The number of carbonyl (C=O) groups excluding carboxylic acids is 2. The number of carbonyl (C=O) groups is 2. The molecule has 2 fully saturated rings. The number of hydrogen-bond acceptors (Lipinski definition) is 6. The van der Waals surface area contributed by atoms with Crippen LogP contribution in [-0.2, 0) is 4.79 Å². The zero-order valence-electron chi connectivity index (χ0n) is 22.4. The number of amides is 2. The Kier molecular flexibility index (Phi) is 7.56. The van der Waals surface area contributed by atoms with Gasteiger partial charge in [-0.1, -0.05) is 0 Å². The molecule has 40 heavy (non-hydrogen) atoms. The topological polar surface area (TPSA) is 116 Å². The first-order valence-electron chi connectivity index (χ1n) is 13.3. The van der Waals surface area contributed by atoms with E-state index in [1.165, 1.54) is 31.6 Å². The molecule has 0 aromatic carbocycles. The van der Waals surface area contributed by atoms with Gasteiger partial charge in [0.1, 0.15) is 11.7 Å². The van der Waals surface area contributed by atoms with Crippen molar-refractivity contribution >= 4 is 17.5 Å². The van der Waals surface area contributed by atoms with E-state index in [4.69, 9.17) is 4.74 Å². The van der Waals surface area contributed by atoms with Crippen LogP contribution in [0.2, 0.25) is 0 Å². The fourth-order valence-electron chi connectivity index (χ4n) is 5.36. The predicted molar refractivity (Wildman–Crippen MR) is 139 cm³/mol. The van der Waals surface area contributed by atoms with Gasteiger partial charge in [0.2, 0.25) is 11.8 Å². The fourth-order valence-corrected chi connectivity index (χ4v) is 5.36. The summed E-state index contributed by atoms with van der Waals surface area (Å²) in [5.74, 6) is -0.519. The second-order valence-electron chi connectivity index (χ2n) is 10.7. The van der Waals surface area contributed by atoms with Gasteiger partial charge in [-0.05, 0) is 75.5 Å². The Bertz CT molecular complexity index is 1350. The summed E-state index contributed by atoms with van der Waals surface area (Å²) >= 11 is 0. The largest absolute Gasteiger partial charge is 0.481 e. The van der Waals surface area contributed by atoms with Crippen LogP contribution in [0.4, 0.5) is 18.9 Å². The molecule has 2 saturated carbocycles. The number of methoxy groups -OCH3 is 1. The maximum atomic E-state index is 14.2. The van der Waals surface area contributed by atoms with E-state index in [1.54, 1.807) is 10.7 Å². The number of alkyl halides is 3. The zero-order valence-corrected chi connectivity index (χ0v) is 22.4. The number of halogens is 3. The van der Waals surface area contributed by atoms with E-state index in [0.29, 0.717) is 17.5 Å². The summed E-state index contributed by atoms with van der Waals surface area (Å²) in [5, 5.41) is 13.8. The highest BCUT2D eigenvalue weighted by atomic mass is 19.4. The molecule has 3 aromatic rings. The van der Waals surface area contributed by atoms with Crippen molar-refractivity contribution < 1.29 is 27.5 Å². The van der Waals surface area contributed by atoms with E-state index < -0.39 is 30.1 Å². The molecule has 0 aliphatic heterocycles. The van der Waals surface area contributed by atoms with Crippen molar-refractivity contribution in [3.05, 3.63) is 54.2 Å². The van der Waals surface area contributed by atoms with Gasteiger partial charge in [0.05, 0.1) is 19.0 Å². The second-order valence-corrected chi connectivity index (χ2v) is 10.7. The molecule has 1 unspecified atom stereocenters. The smallest absolute Gasteiger partial charge is 0.415 e. The number of ether oxygens (including phenoxy) is 1. The van der Waals surface area contributed by atoms with Crippen molar-refractivity contribution in [2.75, 3.05) is 12.4 Å². The van der Waals surface area contributed by atoms with E-state index in [-0.39, 0.29) is 29.1 Å². The molecule has 2 N–H and O–H groups in total. The minimum Gasteiger partial charge on any atom is -0.481 e. The predicted octanol–water partition coefficient (Wildman–Crippen LogP) is 4.39. The molecule has 0 saturated heterocycles. The summed E-state index contributed by atoms with van der Waals surface area (Å²) in [6.07, 6.45) is 4.34. The summed E-state index contributed by atoms with van der Waals surface area (Å²) < 4.78 is 49.9. The van der Waals surface area contributed by atoms with Gasteiger partial charge in [-0.15, -0.1) is 0 Å². The number of hydrogen-bond donors (Lipinski definition) is 2. The van der Waals surface area contributed by atoms with Crippen molar-refractivity contribution in [3.8, 4) is 5.88 Å². The highest BCUT2D eigenvalue weighted by molar-refractivity contribution is 6.00. The van der Waals surface area contributed by atoms with Crippen molar-refractivity contribution in [3.63, 3.8) is 0 Å². The first-order chi connectivity index (χ1) is 19.1. The molecule has 0 spiro atoms. The Labute approximate surface area is 229 Å². The standard InChI is InChI=1S/C27H32F3N7O3/c1-15(2)37-20(10-12-32-37)24(38)35-22(21(16-6-7-16)17-8-9-17)25(39)34-18-13-33-36(14-18)23(27(28,29)30)19-5-4-11-31-26(19)40-3/h4-5,10-17,21-23H,6-9H2,1-3H3,(H,34,39)(H,35,38)/t22-,23?/m0/s1. The van der Waals surface area contributed by atoms with Crippen LogP contribution >= 0.6 is 0 Å². The second kappa shape index (κ2) is 10.9. The lowest BCUT2D eigenvalue weighted by Crippen LogP contribution is -2.50. The normalized spacial score (nSPS) is 17.1. The zero-order chi connectivity index (χ0) is 28.6. The van der Waals surface area contributed by atoms with E-state index in [0.717, 1.165) is 42.8 Å². The molecule has 3 aromatic heterocycles. The van der Waals surface area contributed by atoms with Crippen LogP contribution < -0.4 is 15.4 Å². The van der Waals surface area contributed by atoms with Crippen LogP contribution in [0.5, 0.6) is 5.88 Å². The third kappa shape index (κ3) is 5.82. The Morgan fingerprint density at radius 2 is 1.77 bits per heavy atom. The Hall–Kier alpha value is -3.90. The van der Waals surface area contributed by atoms with E-state index in [1.807, 2.05) is 13.8 Å². The first-order valence-corrected chi connectivity index (χ1v) is 13.3. The molecule has 10 nitrogen and oxygen atoms in total. The molecule has 0 radical (unpaired) electrons. The summed E-state index contributed by atoms with van der Waals surface area (Å²) in [6.45, 7) is 3.80. The van der Waals surface area contributed by atoms with Gasteiger partial charge in [0.15, 0.2) is 6.04 Å². The highest BCUT2D eigenvalue weighted by Crippen LogP contribution is 2.51. The number of aromatic nitrogens is 5. The maximum Gasteiger partial charge on any atom is 0.415 e. The summed E-state index contributed by atoms with van der Waals surface area (Å²) in [5.41, 5.74) is 0.205. The lowest BCUT2D eigenvalue weighted by molar-refractivity contribution is -0.159. The van der Waals surface area contributed by atoms with E-state index in [9.17, 15) is 22.8 Å². The van der Waals surface area contributed by atoms with Crippen LogP contribution in [0.25, 0.3) is 0 Å². The fraction of sp³-hybridized carbons (Fsp3) is 0.519.